The molecule has 1 unspecified atom stereocenters. The minimum absolute atomic E-state index is 0.0747. The van der Waals surface area contributed by atoms with E-state index < -0.39 is 11.8 Å². The summed E-state index contributed by atoms with van der Waals surface area (Å²) < 4.78 is 6.21. The first kappa shape index (κ1) is 13.9. The molecular formula is C12H15N5O3. The third-order valence-electron chi connectivity index (χ3n) is 2.68. The molecule has 2 aromatic heterocycles. The molecule has 0 aromatic carbocycles. The van der Waals surface area contributed by atoms with Gasteiger partial charge < -0.3 is 10.2 Å². The Morgan fingerprint density at radius 3 is 3.00 bits per heavy atom. The molecule has 8 heteroatoms. The molecule has 3 N–H and O–H groups in total. The molecular weight excluding hydrogens is 262 g/mol. The lowest BCUT2D eigenvalue weighted by molar-refractivity contribution is -0.120. The zero-order chi connectivity index (χ0) is 14.5. The highest BCUT2D eigenvalue weighted by Crippen LogP contribution is 2.08. The fourth-order valence-corrected chi connectivity index (χ4v) is 1.55. The van der Waals surface area contributed by atoms with E-state index in [2.05, 4.69) is 15.6 Å². The lowest BCUT2D eigenvalue weighted by Crippen LogP contribution is -2.33. The maximum absolute atomic E-state index is 11.7. The average molecular weight is 277 g/mol. The van der Waals surface area contributed by atoms with Gasteiger partial charge in [-0.05, 0) is 18.6 Å². The molecule has 0 aliphatic heterocycles. The monoisotopic (exact) mass is 277 g/mol. The van der Waals surface area contributed by atoms with Crippen LogP contribution >= 0.6 is 0 Å². The lowest BCUT2D eigenvalue weighted by Gasteiger charge is -2.03. The second kappa shape index (κ2) is 6.11. The van der Waals surface area contributed by atoms with E-state index in [4.69, 9.17) is 10.2 Å². The van der Waals surface area contributed by atoms with Crippen molar-refractivity contribution in [1.29, 1.82) is 0 Å². The lowest BCUT2D eigenvalue weighted by atomic mass is 10.2. The van der Waals surface area contributed by atoms with E-state index in [1.165, 1.54) is 17.0 Å². The predicted octanol–water partition coefficient (Wildman–Crippen LogP) is 0.237. The Morgan fingerprint density at radius 2 is 2.35 bits per heavy atom. The van der Waals surface area contributed by atoms with Gasteiger partial charge in [-0.2, -0.15) is 0 Å². The fraction of sp³-hybridized carbons (Fsp3) is 0.333. The number of furan rings is 1. The van der Waals surface area contributed by atoms with Gasteiger partial charge in [0.15, 0.2) is 5.76 Å². The van der Waals surface area contributed by atoms with Crippen molar-refractivity contribution in [3.05, 3.63) is 36.0 Å². The molecule has 2 heterocycles. The summed E-state index contributed by atoms with van der Waals surface area (Å²) in [5, 5.41) is 9.85. The van der Waals surface area contributed by atoms with E-state index in [1.54, 1.807) is 12.3 Å². The highest BCUT2D eigenvalue weighted by molar-refractivity contribution is 6.02. The third kappa shape index (κ3) is 3.29. The van der Waals surface area contributed by atoms with Crippen molar-refractivity contribution in [3.63, 3.8) is 0 Å². The molecule has 1 atom stereocenters. The molecule has 0 fully saturated rings. The Labute approximate surface area is 114 Å². The van der Waals surface area contributed by atoms with Gasteiger partial charge in [0.2, 0.25) is 5.91 Å². The molecule has 0 bridgehead atoms. The summed E-state index contributed by atoms with van der Waals surface area (Å²) in [6, 6.07) is 2.82. The van der Waals surface area contributed by atoms with Gasteiger partial charge in [-0.1, -0.05) is 12.1 Å². The second-order valence-electron chi connectivity index (χ2n) is 4.21. The van der Waals surface area contributed by atoms with E-state index in [9.17, 15) is 9.59 Å². The van der Waals surface area contributed by atoms with E-state index in [-0.39, 0.29) is 18.3 Å². The van der Waals surface area contributed by atoms with E-state index >= 15 is 0 Å². The van der Waals surface area contributed by atoms with Crippen LogP contribution in [0.5, 0.6) is 0 Å². The van der Waals surface area contributed by atoms with Crippen LogP contribution in [0.3, 0.4) is 0 Å². The number of carbonyl (C=O) groups excluding carboxylic acids is 2. The number of nitrogens with one attached hydrogen (secondary N) is 1. The molecule has 8 nitrogen and oxygen atoms in total. The Bertz CT molecular complexity index is 590. The Balaban J connectivity index is 1.91. The number of carbonyl (C=O) groups is 2. The molecule has 0 saturated heterocycles. The van der Waals surface area contributed by atoms with Crippen molar-refractivity contribution < 1.29 is 14.0 Å². The smallest absolute Gasteiger partial charge is 0.293 e. The molecule has 106 valence electrons. The van der Waals surface area contributed by atoms with Gasteiger partial charge in [0.05, 0.1) is 24.2 Å². The molecule has 0 saturated carbocycles. The highest BCUT2D eigenvalue weighted by atomic mass is 16.3. The van der Waals surface area contributed by atoms with Crippen molar-refractivity contribution in [2.45, 2.75) is 25.9 Å². The number of nitrogens with two attached hydrogens (primary N) is 1. The van der Waals surface area contributed by atoms with Crippen LogP contribution in [0.25, 0.3) is 0 Å². The van der Waals surface area contributed by atoms with E-state index in [1.807, 2.05) is 6.92 Å². The van der Waals surface area contributed by atoms with Crippen LogP contribution < -0.4 is 11.1 Å². The summed E-state index contributed by atoms with van der Waals surface area (Å²) in [5.74, 6) is -1.02. The minimum atomic E-state index is -0.592. The first-order valence-electron chi connectivity index (χ1n) is 6.13. The molecule has 2 rings (SSSR count). The van der Waals surface area contributed by atoms with Gasteiger partial charge in [-0.25, -0.2) is 4.68 Å². The normalized spacial score (nSPS) is 12.1. The highest BCUT2D eigenvalue weighted by Gasteiger charge is 2.14. The van der Waals surface area contributed by atoms with Crippen LogP contribution in [0, 0.1) is 0 Å². The van der Waals surface area contributed by atoms with Crippen molar-refractivity contribution >= 4 is 11.8 Å². The standard InChI is InChI=1S/C12H15N5O3/c1-2-8(13)9-6-17(16-15-9)7-11(18)14-12(19)10-4-3-5-20-10/h3-6,8H,2,7,13H2,1H3,(H,14,18,19). The zero-order valence-electron chi connectivity index (χ0n) is 10.9. The quantitative estimate of drug-likeness (QED) is 0.808. The van der Waals surface area contributed by atoms with Crippen molar-refractivity contribution in [3.8, 4) is 0 Å². The van der Waals surface area contributed by atoms with Crippen LogP contribution in [0.15, 0.2) is 29.0 Å². The number of aromatic nitrogens is 3. The van der Waals surface area contributed by atoms with Crippen molar-refractivity contribution in [2.24, 2.45) is 5.73 Å². The van der Waals surface area contributed by atoms with Gasteiger partial charge in [0, 0.05) is 0 Å². The molecule has 2 amide bonds. The molecule has 0 aliphatic carbocycles. The summed E-state index contributed by atoms with van der Waals surface area (Å²) in [7, 11) is 0. The number of amides is 2. The number of hydrogen-bond donors (Lipinski definition) is 2. The molecule has 20 heavy (non-hydrogen) atoms. The summed E-state index contributed by atoms with van der Waals surface area (Å²) in [6.07, 6.45) is 3.67. The first-order valence-corrected chi connectivity index (χ1v) is 6.13. The van der Waals surface area contributed by atoms with Crippen LogP contribution in [-0.4, -0.2) is 26.8 Å². The summed E-state index contributed by atoms with van der Waals surface area (Å²) >= 11 is 0. The molecule has 0 radical (unpaired) electrons. The number of hydrogen-bond acceptors (Lipinski definition) is 6. The summed E-state index contributed by atoms with van der Waals surface area (Å²) in [5.41, 5.74) is 6.41. The van der Waals surface area contributed by atoms with Crippen molar-refractivity contribution in [1.82, 2.24) is 20.3 Å². The van der Waals surface area contributed by atoms with Gasteiger partial charge in [-0.3, -0.25) is 14.9 Å². The van der Waals surface area contributed by atoms with Gasteiger partial charge >= 0.3 is 0 Å². The SMILES string of the molecule is CCC(N)c1cn(CC(=O)NC(=O)c2ccco2)nn1. The van der Waals surface area contributed by atoms with E-state index in [0.29, 0.717) is 5.69 Å². The summed E-state index contributed by atoms with van der Waals surface area (Å²) in [6.45, 7) is 1.81. The average Bonchev–Trinajstić information content (AvgIpc) is 3.08. The zero-order valence-corrected chi connectivity index (χ0v) is 10.9. The number of rotatable bonds is 5. The van der Waals surface area contributed by atoms with Crippen molar-refractivity contribution in [2.75, 3.05) is 0 Å². The van der Waals surface area contributed by atoms with Crippen LogP contribution in [0.2, 0.25) is 0 Å². The van der Waals surface area contributed by atoms with Crippen LogP contribution in [-0.2, 0) is 11.3 Å². The maximum atomic E-state index is 11.7. The Hall–Kier alpha value is -2.48. The van der Waals surface area contributed by atoms with Gasteiger partial charge in [-0.15, -0.1) is 5.10 Å². The number of nitrogens with zero attached hydrogens (tertiary/aromatic N) is 3. The maximum Gasteiger partial charge on any atom is 0.293 e. The predicted molar refractivity (Wildman–Crippen MR) is 68.4 cm³/mol. The van der Waals surface area contributed by atoms with Gasteiger partial charge in [0.1, 0.15) is 6.54 Å². The summed E-state index contributed by atoms with van der Waals surface area (Å²) in [4.78, 5) is 23.2. The van der Waals surface area contributed by atoms with E-state index in [0.717, 1.165) is 6.42 Å². The Kier molecular flexibility index (Phi) is 4.26. The third-order valence-corrected chi connectivity index (χ3v) is 2.68. The largest absolute Gasteiger partial charge is 0.459 e. The second-order valence-corrected chi connectivity index (χ2v) is 4.21. The van der Waals surface area contributed by atoms with Crippen LogP contribution in [0.1, 0.15) is 35.6 Å². The van der Waals surface area contributed by atoms with Crippen LogP contribution in [0.4, 0.5) is 0 Å². The Morgan fingerprint density at radius 1 is 1.55 bits per heavy atom. The fourth-order valence-electron chi connectivity index (χ4n) is 1.55. The van der Waals surface area contributed by atoms with Gasteiger partial charge in [0.25, 0.3) is 5.91 Å². The molecule has 0 spiro atoms. The molecule has 0 aliphatic rings. The number of imide groups is 1. The topological polar surface area (TPSA) is 116 Å². The molecule has 2 aromatic rings. The first-order chi connectivity index (χ1) is 9.60. The minimum Gasteiger partial charge on any atom is -0.459 e.